The average Bonchev–Trinajstić information content (AvgIpc) is 2.41. The Morgan fingerprint density at radius 2 is 2.15 bits per heavy atom. The molecular formula is C15H22ClFN2O. The third kappa shape index (κ3) is 3.93. The molecule has 0 spiro atoms. The van der Waals surface area contributed by atoms with Gasteiger partial charge in [-0.05, 0) is 37.8 Å². The Hall–Kier alpha value is -1.13. The largest absolute Gasteiger partial charge is 0.338 e. The highest BCUT2D eigenvalue weighted by Crippen LogP contribution is 2.20. The molecule has 0 saturated carbocycles. The topological polar surface area (TPSA) is 46.3 Å². The molecule has 2 N–H and O–H groups in total. The zero-order chi connectivity index (χ0) is 13.8. The van der Waals surface area contributed by atoms with Gasteiger partial charge in [0.1, 0.15) is 5.82 Å². The van der Waals surface area contributed by atoms with Crippen LogP contribution in [0.1, 0.15) is 31.7 Å². The molecule has 1 amide bonds. The third-order valence-electron chi connectivity index (χ3n) is 3.78. The van der Waals surface area contributed by atoms with Crippen molar-refractivity contribution in [2.24, 2.45) is 5.73 Å². The van der Waals surface area contributed by atoms with E-state index in [2.05, 4.69) is 0 Å². The molecule has 1 saturated heterocycles. The quantitative estimate of drug-likeness (QED) is 0.932. The first-order valence-corrected chi connectivity index (χ1v) is 6.88. The lowest BCUT2D eigenvalue weighted by Gasteiger charge is -2.38. The highest BCUT2D eigenvalue weighted by molar-refractivity contribution is 5.85. The van der Waals surface area contributed by atoms with E-state index in [4.69, 9.17) is 5.73 Å². The van der Waals surface area contributed by atoms with Crippen LogP contribution < -0.4 is 5.73 Å². The number of hydrogen-bond acceptors (Lipinski definition) is 2. The Morgan fingerprint density at radius 3 is 2.80 bits per heavy atom. The van der Waals surface area contributed by atoms with E-state index in [1.165, 1.54) is 6.07 Å². The van der Waals surface area contributed by atoms with Crippen molar-refractivity contribution in [1.82, 2.24) is 4.90 Å². The van der Waals surface area contributed by atoms with Crippen LogP contribution in [0.3, 0.4) is 0 Å². The molecule has 0 bridgehead atoms. The van der Waals surface area contributed by atoms with Gasteiger partial charge >= 0.3 is 0 Å². The van der Waals surface area contributed by atoms with Crippen molar-refractivity contribution in [3.05, 3.63) is 35.6 Å². The lowest BCUT2D eigenvalue weighted by atomic mass is 9.96. The first-order chi connectivity index (χ1) is 9.09. The molecular weight excluding hydrogens is 279 g/mol. The van der Waals surface area contributed by atoms with Crippen molar-refractivity contribution < 1.29 is 9.18 Å². The van der Waals surface area contributed by atoms with E-state index in [0.29, 0.717) is 5.56 Å². The van der Waals surface area contributed by atoms with Crippen molar-refractivity contribution >= 4 is 18.3 Å². The van der Waals surface area contributed by atoms with E-state index in [-0.39, 0.29) is 42.6 Å². The second-order valence-corrected chi connectivity index (χ2v) is 5.28. The molecule has 20 heavy (non-hydrogen) atoms. The van der Waals surface area contributed by atoms with Gasteiger partial charge in [0.15, 0.2) is 0 Å². The van der Waals surface area contributed by atoms with E-state index >= 15 is 0 Å². The molecule has 1 aromatic rings. The maximum Gasteiger partial charge on any atom is 0.227 e. The molecule has 5 heteroatoms. The summed E-state index contributed by atoms with van der Waals surface area (Å²) in [7, 11) is 0. The summed E-state index contributed by atoms with van der Waals surface area (Å²) in [4.78, 5) is 14.2. The predicted octanol–water partition coefficient (Wildman–Crippen LogP) is 2.52. The van der Waals surface area contributed by atoms with Crippen LogP contribution >= 0.6 is 12.4 Å². The Labute approximate surface area is 125 Å². The van der Waals surface area contributed by atoms with Crippen LogP contribution in [0.5, 0.6) is 0 Å². The van der Waals surface area contributed by atoms with Crippen LogP contribution in [0.15, 0.2) is 24.3 Å². The van der Waals surface area contributed by atoms with Crippen LogP contribution in [0.2, 0.25) is 0 Å². The predicted molar refractivity (Wildman–Crippen MR) is 80.4 cm³/mol. The number of amides is 1. The number of rotatable bonds is 3. The highest BCUT2D eigenvalue weighted by Gasteiger charge is 2.29. The summed E-state index contributed by atoms with van der Waals surface area (Å²) >= 11 is 0. The van der Waals surface area contributed by atoms with E-state index in [1.54, 1.807) is 18.2 Å². The van der Waals surface area contributed by atoms with Gasteiger partial charge in [-0.15, -0.1) is 12.4 Å². The molecule has 2 rings (SSSR count). The first-order valence-electron chi connectivity index (χ1n) is 6.88. The molecule has 0 aromatic heterocycles. The zero-order valence-electron chi connectivity index (χ0n) is 11.7. The molecule has 3 nitrogen and oxygen atoms in total. The number of carbonyl (C=O) groups is 1. The monoisotopic (exact) mass is 300 g/mol. The fourth-order valence-corrected chi connectivity index (χ4v) is 2.72. The minimum absolute atomic E-state index is 0. The standard InChI is InChI=1S/C15H21FN2O.ClH/c1-11(17)14-8-4-5-9-18(14)15(19)10-12-6-2-3-7-13(12)16;/h2-3,6-7,11,14H,4-5,8-10,17H2,1H3;1H. The second kappa shape index (κ2) is 7.60. The normalized spacial score (nSPS) is 20.1. The van der Waals surface area contributed by atoms with Crippen molar-refractivity contribution in [2.45, 2.75) is 44.7 Å². The van der Waals surface area contributed by atoms with Gasteiger partial charge in [-0.25, -0.2) is 4.39 Å². The number of benzene rings is 1. The summed E-state index contributed by atoms with van der Waals surface area (Å²) < 4.78 is 13.6. The van der Waals surface area contributed by atoms with Crippen molar-refractivity contribution in [3.8, 4) is 0 Å². The molecule has 1 aromatic carbocycles. The SMILES string of the molecule is CC(N)C1CCCCN1C(=O)Cc1ccccc1F.Cl. The van der Waals surface area contributed by atoms with Crippen molar-refractivity contribution in [2.75, 3.05) is 6.54 Å². The van der Waals surface area contributed by atoms with Crippen LogP contribution in [-0.4, -0.2) is 29.4 Å². The van der Waals surface area contributed by atoms with E-state index < -0.39 is 0 Å². The summed E-state index contributed by atoms with van der Waals surface area (Å²) in [5, 5.41) is 0. The van der Waals surface area contributed by atoms with E-state index in [9.17, 15) is 9.18 Å². The summed E-state index contributed by atoms with van der Waals surface area (Å²) in [5.74, 6) is -0.336. The minimum atomic E-state index is -0.315. The summed E-state index contributed by atoms with van der Waals surface area (Å²) in [6.45, 7) is 2.67. The maximum atomic E-state index is 13.6. The van der Waals surface area contributed by atoms with Gasteiger partial charge in [-0.3, -0.25) is 4.79 Å². The number of carbonyl (C=O) groups excluding carboxylic acids is 1. The van der Waals surface area contributed by atoms with Gasteiger partial charge in [-0.2, -0.15) is 0 Å². The smallest absolute Gasteiger partial charge is 0.227 e. The van der Waals surface area contributed by atoms with Gasteiger partial charge in [0.05, 0.1) is 6.42 Å². The van der Waals surface area contributed by atoms with Gasteiger partial charge in [0.2, 0.25) is 5.91 Å². The Morgan fingerprint density at radius 1 is 1.45 bits per heavy atom. The summed E-state index contributed by atoms with van der Waals surface area (Å²) in [6, 6.07) is 6.50. The fraction of sp³-hybridized carbons (Fsp3) is 0.533. The zero-order valence-corrected chi connectivity index (χ0v) is 12.5. The molecule has 1 heterocycles. The minimum Gasteiger partial charge on any atom is -0.338 e. The van der Waals surface area contributed by atoms with Gasteiger partial charge in [0, 0.05) is 18.6 Å². The van der Waals surface area contributed by atoms with Crippen molar-refractivity contribution in [1.29, 1.82) is 0 Å². The molecule has 2 atom stereocenters. The van der Waals surface area contributed by atoms with E-state index in [0.717, 1.165) is 25.8 Å². The lowest BCUT2D eigenvalue weighted by Crippen LogP contribution is -2.52. The number of hydrogen-bond donors (Lipinski definition) is 1. The molecule has 1 fully saturated rings. The summed E-state index contributed by atoms with van der Waals surface area (Å²) in [5.41, 5.74) is 6.41. The Bertz CT molecular complexity index is 453. The molecule has 0 radical (unpaired) electrons. The second-order valence-electron chi connectivity index (χ2n) is 5.28. The fourth-order valence-electron chi connectivity index (χ4n) is 2.72. The van der Waals surface area contributed by atoms with Gasteiger partial charge in [0.25, 0.3) is 0 Å². The molecule has 1 aliphatic heterocycles. The summed E-state index contributed by atoms with van der Waals surface area (Å²) in [6.07, 6.45) is 3.18. The van der Waals surface area contributed by atoms with Crippen molar-refractivity contribution in [3.63, 3.8) is 0 Å². The molecule has 2 unspecified atom stereocenters. The van der Waals surface area contributed by atoms with Crippen LogP contribution in [0.25, 0.3) is 0 Å². The van der Waals surface area contributed by atoms with E-state index in [1.807, 2.05) is 11.8 Å². The van der Waals surface area contributed by atoms with Crippen LogP contribution in [0, 0.1) is 5.82 Å². The lowest BCUT2D eigenvalue weighted by molar-refractivity contribution is -0.134. The van der Waals surface area contributed by atoms with Gasteiger partial charge in [-0.1, -0.05) is 18.2 Å². The Kier molecular flexibility index (Phi) is 6.43. The number of nitrogens with zero attached hydrogens (tertiary/aromatic N) is 1. The average molecular weight is 301 g/mol. The third-order valence-corrected chi connectivity index (χ3v) is 3.78. The number of piperidine rings is 1. The first kappa shape index (κ1) is 16.9. The number of nitrogens with two attached hydrogens (primary N) is 1. The Balaban J connectivity index is 0.00000200. The number of likely N-dealkylation sites (tertiary alicyclic amines) is 1. The van der Waals surface area contributed by atoms with Crippen LogP contribution in [-0.2, 0) is 11.2 Å². The number of halogens is 2. The molecule has 0 aliphatic carbocycles. The van der Waals surface area contributed by atoms with Crippen LogP contribution in [0.4, 0.5) is 4.39 Å². The molecule has 112 valence electrons. The highest BCUT2D eigenvalue weighted by atomic mass is 35.5. The molecule has 1 aliphatic rings. The van der Waals surface area contributed by atoms with Gasteiger partial charge < -0.3 is 10.6 Å². The maximum absolute atomic E-state index is 13.6.